The molecule has 2 heterocycles. The van der Waals surface area contributed by atoms with Crippen LogP contribution in [0.4, 0.5) is 0 Å². The van der Waals surface area contributed by atoms with E-state index in [0.29, 0.717) is 12.4 Å². The molecule has 1 saturated carbocycles. The highest BCUT2D eigenvalue weighted by Crippen LogP contribution is 2.39. The van der Waals surface area contributed by atoms with Crippen molar-refractivity contribution in [3.8, 4) is 0 Å². The number of aromatic nitrogens is 2. The van der Waals surface area contributed by atoms with Crippen LogP contribution in [0.1, 0.15) is 70.0 Å². The second kappa shape index (κ2) is 5.45. The van der Waals surface area contributed by atoms with E-state index >= 15 is 0 Å². The van der Waals surface area contributed by atoms with E-state index in [1.165, 1.54) is 25.7 Å². The molecular formula is C15H25N3O2. The first-order chi connectivity index (χ1) is 9.69. The lowest BCUT2D eigenvalue weighted by atomic mass is 9.80. The second-order valence-electron chi connectivity index (χ2n) is 6.50. The standard InChI is InChI=1S/C15H25N3O2/c1-14(7-6-10-19-14)12-17-13(20-18-12)15(11-16)8-4-2-3-5-9-15/h2-11,16H2,1H3. The minimum atomic E-state index is -0.373. The summed E-state index contributed by atoms with van der Waals surface area (Å²) in [6, 6.07) is 0. The fraction of sp³-hybridized carbons (Fsp3) is 0.867. The van der Waals surface area contributed by atoms with Gasteiger partial charge in [-0.25, -0.2) is 0 Å². The van der Waals surface area contributed by atoms with Gasteiger partial charge in [0.25, 0.3) is 0 Å². The fourth-order valence-corrected chi connectivity index (χ4v) is 3.52. The molecule has 20 heavy (non-hydrogen) atoms. The van der Waals surface area contributed by atoms with E-state index in [0.717, 1.165) is 38.2 Å². The maximum Gasteiger partial charge on any atom is 0.234 e. The third-order valence-corrected chi connectivity index (χ3v) is 5.02. The molecule has 5 nitrogen and oxygen atoms in total. The van der Waals surface area contributed by atoms with E-state index in [1.807, 2.05) is 0 Å². The fourth-order valence-electron chi connectivity index (χ4n) is 3.52. The summed E-state index contributed by atoms with van der Waals surface area (Å²) < 4.78 is 11.4. The molecule has 0 aromatic carbocycles. The van der Waals surface area contributed by atoms with E-state index in [2.05, 4.69) is 17.1 Å². The number of nitrogens with two attached hydrogens (primary N) is 1. The SMILES string of the molecule is CC1(c2noc(C3(CN)CCCCCC3)n2)CCCO1. The van der Waals surface area contributed by atoms with Gasteiger partial charge in [-0.1, -0.05) is 30.8 Å². The van der Waals surface area contributed by atoms with Crippen LogP contribution in [0.2, 0.25) is 0 Å². The molecule has 2 N–H and O–H groups in total. The van der Waals surface area contributed by atoms with Gasteiger partial charge in [0, 0.05) is 13.2 Å². The molecule has 5 heteroatoms. The zero-order valence-electron chi connectivity index (χ0n) is 12.4. The third kappa shape index (κ3) is 2.37. The monoisotopic (exact) mass is 279 g/mol. The number of ether oxygens (including phenoxy) is 1. The van der Waals surface area contributed by atoms with Crippen LogP contribution in [0, 0.1) is 0 Å². The lowest BCUT2D eigenvalue weighted by Gasteiger charge is -2.26. The molecule has 1 saturated heterocycles. The van der Waals surface area contributed by atoms with Gasteiger partial charge >= 0.3 is 0 Å². The van der Waals surface area contributed by atoms with Gasteiger partial charge in [-0.3, -0.25) is 0 Å². The van der Waals surface area contributed by atoms with E-state index in [9.17, 15) is 0 Å². The van der Waals surface area contributed by atoms with Gasteiger partial charge in [0.15, 0.2) is 0 Å². The normalized spacial score (nSPS) is 30.3. The Bertz CT molecular complexity index is 444. The first kappa shape index (κ1) is 14.0. The first-order valence-corrected chi connectivity index (χ1v) is 7.87. The van der Waals surface area contributed by atoms with Crippen molar-refractivity contribution in [2.75, 3.05) is 13.2 Å². The topological polar surface area (TPSA) is 74.2 Å². The minimum Gasteiger partial charge on any atom is -0.367 e. The summed E-state index contributed by atoms with van der Waals surface area (Å²) in [4.78, 5) is 4.69. The Morgan fingerprint density at radius 1 is 1.10 bits per heavy atom. The highest BCUT2D eigenvalue weighted by Gasteiger charge is 2.41. The van der Waals surface area contributed by atoms with Crippen LogP contribution < -0.4 is 5.73 Å². The van der Waals surface area contributed by atoms with Gasteiger partial charge in [0.05, 0.1) is 5.41 Å². The van der Waals surface area contributed by atoms with E-state index in [4.69, 9.17) is 15.0 Å². The average molecular weight is 279 g/mol. The molecule has 0 spiro atoms. The summed E-state index contributed by atoms with van der Waals surface area (Å²) in [5, 5.41) is 4.20. The maximum absolute atomic E-state index is 6.08. The van der Waals surface area contributed by atoms with Crippen LogP contribution in [0.3, 0.4) is 0 Å². The van der Waals surface area contributed by atoms with Crippen LogP contribution in [0.25, 0.3) is 0 Å². The minimum absolute atomic E-state index is 0.114. The summed E-state index contributed by atoms with van der Waals surface area (Å²) in [7, 11) is 0. The predicted molar refractivity (Wildman–Crippen MR) is 75.3 cm³/mol. The van der Waals surface area contributed by atoms with Crippen molar-refractivity contribution in [3.63, 3.8) is 0 Å². The van der Waals surface area contributed by atoms with Crippen LogP contribution in [-0.4, -0.2) is 23.3 Å². The second-order valence-corrected chi connectivity index (χ2v) is 6.50. The van der Waals surface area contributed by atoms with Gasteiger partial charge in [-0.15, -0.1) is 0 Å². The Hall–Kier alpha value is -0.940. The number of rotatable bonds is 3. The van der Waals surface area contributed by atoms with Crippen LogP contribution in [0.5, 0.6) is 0 Å². The zero-order chi connectivity index (χ0) is 14.1. The summed E-state index contributed by atoms with van der Waals surface area (Å²) in [5.74, 6) is 1.43. The van der Waals surface area contributed by atoms with Crippen molar-refractivity contribution in [1.82, 2.24) is 10.1 Å². The Balaban J connectivity index is 1.87. The lowest BCUT2D eigenvalue weighted by Crippen LogP contribution is -2.35. The van der Waals surface area contributed by atoms with Crippen LogP contribution in [-0.2, 0) is 15.8 Å². The smallest absolute Gasteiger partial charge is 0.234 e. The van der Waals surface area contributed by atoms with Crippen LogP contribution >= 0.6 is 0 Å². The molecule has 1 atom stereocenters. The largest absolute Gasteiger partial charge is 0.367 e. The van der Waals surface area contributed by atoms with E-state index in [-0.39, 0.29) is 11.0 Å². The summed E-state index contributed by atoms with van der Waals surface area (Å²) >= 11 is 0. The van der Waals surface area contributed by atoms with Gasteiger partial charge in [0.2, 0.25) is 11.7 Å². The maximum atomic E-state index is 6.08. The Morgan fingerprint density at radius 2 is 1.85 bits per heavy atom. The van der Waals surface area contributed by atoms with Crippen molar-refractivity contribution >= 4 is 0 Å². The molecule has 1 aliphatic carbocycles. The summed E-state index contributed by atoms with van der Waals surface area (Å²) in [5.41, 5.74) is 5.59. The summed E-state index contributed by atoms with van der Waals surface area (Å²) in [6.07, 6.45) is 9.09. The molecular weight excluding hydrogens is 254 g/mol. The number of hydrogen-bond donors (Lipinski definition) is 1. The highest BCUT2D eigenvalue weighted by atomic mass is 16.5. The Labute approximate surface area is 120 Å². The zero-order valence-corrected chi connectivity index (χ0v) is 12.4. The molecule has 1 aliphatic heterocycles. The lowest BCUT2D eigenvalue weighted by molar-refractivity contribution is 0.00768. The van der Waals surface area contributed by atoms with Gasteiger partial charge < -0.3 is 15.0 Å². The van der Waals surface area contributed by atoms with E-state index in [1.54, 1.807) is 0 Å². The molecule has 112 valence electrons. The number of hydrogen-bond acceptors (Lipinski definition) is 5. The molecule has 1 aromatic heterocycles. The van der Waals surface area contributed by atoms with Crippen molar-refractivity contribution < 1.29 is 9.26 Å². The Kier molecular flexibility index (Phi) is 3.82. The molecule has 1 aromatic rings. The molecule has 0 amide bonds. The van der Waals surface area contributed by atoms with Gasteiger partial charge in [-0.05, 0) is 32.6 Å². The van der Waals surface area contributed by atoms with Crippen molar-refractivity contribution in [3.05, 3.63) is 11.7 Å². The van der Waals surface area contributed by atoms with Gasteiger partial charge in [0.1, 0.15) is 5.60 Å². The van der Waals surface area contributed by atoms with E-state index < -0.39 is 0 Å². The molecule has 2 fully saturated rings. The Morgan fingerprint density at radius 3 is 2.45 bits per heavy atom. The van der Waals surface area contributed by atoms with Crippen LogP contribution in [0.15, 0.2) is 4.52 Å². The first-order valence-electron chi connectivity index (χ1n) is 7.87. The predicted octanol–water partition coefficient (Wildman–Crippen LogP) is 2.65. The van der Waals surface area contributed by atoms with Gasteiger partial charge in [-0.2, -0.15) is 4.98 Å². The average Bonchev–Trinajstić information content (AvgIpc) is 3.05. The molecule has 0 radical (unpaired) electrons. The molecule has 3 rings (SSSR count). The third-order valence-electron chi connectivity index (χ3n) is 5.02. The quantitative estimate of drug-likeness (QED) is 0.861. The molecule has 1 unspecified atom stereocenters. The van der Waals surface area contributed by atoms with Crippen molar-refractivity contribution in [2.24, 2.45) is 5.73 Å². The molecule has 2 aliphatic rings. The number of nitrogens with zero attached hydrogens (tertiary/aromatic N) is 2. The van der Waals surface area contributed by atoms with Crippen molar-refractivity contribution in [1.29, 1.82) is 0 Å². The molecule has 0 bridgehead atoms. The van der Waals surface area contributed by atoms with Crippen molar-refractivity contribution in [2.45, 2.75) is 69.3 Å². The summed E-state index contributed by atoms with van der Waals surface area (Å²) in [6.45, 7) is 3.42. The highest BCUT2D eigenvalue weighted by molar-refractivity contribution is 5.10.